The molecule has 0 N–H and O–H groups in total. The molecule has 0 aromatic carbocycles. The van der Waals surface area contributed by atoms with Crippen molar-refractivity contribution >= 4 is 56.5 Å². The molecule has 0 aliphatic carbocycles. The summed E-state index contributed by atoms with van der Waals surface area (Å²) in [6, 6.07) is 0. The lowest BCUT2D eigenvalue weighted by Gasteiger charge is -2.47. The molecule has 1 aromatic rings. The number of hydrogen-bond donors (Lipinski definition) is 0. The van der Waals surface area contributed by atoms with Gasteiger partial charge in [-0.15, -0.1) is 11.3 Å². The van der Waals surface area contributed by atoms with Gasteiger partial charge in [-0.1, -0.05) is 122 Å². The van der Waals surface area contributed by atoms with Gasteiger partial charge in [0.15, 0.2) is 33.3 Å². The topological polar surface area (TPSA) is 66.9 Å². The van der Waals surface area contributed by atoms with Crippen molar-refractivity contribution in [2.45, 2.75) is 254 Å². The molecule has 0 fully saturated rings. The van der Waals surface area contributed by atoms with Crippen LogP contribution in [0, 0.1) is 24.2 Å². The molecule has 0 bridgehead atoms. The molecule has 1 aromatic heterocycles. The maximum absolute atomic E-state index is 15.2. The summed E-state index contributed by atoms with van der Waals surface area (Å²) in [5.41, 5.74) is 2.90. The van der Waals surface area contributed by atoms with E-state index in [9.17, 15) is 0 Å². The SMILES string of the molecule is C/C(=C/C[C@H](O[Si](C)(C)C(C)(C)C)/C(C)=C/c1csc(C)n1)CCC[C@H](C)[C@H](O[Si](C)(C)C(C)(C)C)[C@@H](C)C(=O)C(C)(C)[C@H](CCO[Si](C)(C)C(C)(C)C)O[Si](C)(C)C(C)(C)C. The average molecular weight is 953 g/mol. The first kappa shape index (κ1) is 59.5. The van der Waals surface area contributed by atoms with Gasteiger partial charge in [-0.3, -0.25) is 4.79 Å². The molecule has 62 heavy (non-hydrogen) atoms. The van der Waals surface area contributed by atoms with Crippen LogP contribution in [0.1, 0.15) is 167 Å². The Morgan fingerprint density at radius 1 is 0.710 bits per heavy atom. The smallest absolute Gasteiger partial charge is 0.192 e. The molecule has 1 rings (SSSR count). The number of nitrogens with zero attached hydrogens (tertiary/aromatic N) is 1. The van der Waals surface area contributed by atoms with Crippen LogP contribution in [0.25, 0.3) is 6.08 Å². The number of ketones is 1. The van der Waals surface area contributed by atoms with E-state index < -0.39 is 38.7 Å². The summed E-state index contributed by atoms with van der Waals surface area (Å²) >= 11 is 1.69. The second-order valence-electron chi connectivity index (χ2n) is 25.7. The van der Waals surface area contributed by atoms with Gasteiger partial charge in [-0.25, -0.2) is 4.98 Å². The first-order valence-electron chi connectivity index (χ1n) is 24.0. The minimum absolute atomic E-state index is 0.00687. The van der Waals surface area contributed by atoms with Gasteiger partial charge in [-0.05, 0) is 143 Å². The Hall–Kier alpha value is -0.512. The maximum atomic E-state index is 15.2. The highest BCUT2D eigenvalue weighted by atomic mass is 32.1. The van der Waals surface area contributed by atoms with E-state index in [0.29, 0.717) is 13.0 Å². The quantitative estimate of drug-likeness (QED) is 0.0804. The van der Waals surface area contributed by atoms with Crippen molar-refractivity contribution in [3.63, 3.8) is 0 Å². The van der Waals surface area contributed by atoms with E-state index in [-0.39, 0.29) is 56.1 Å². The molecule has 0 aliphatic rings. The monoisotopic (exact) mass is 952 g/mol. The summed E-state index contributed by atoms with van der Waals surface area (Å²) in [7, 11) is -8.46. The molecule has 0 radical (unpaired) electrons. The van der Waals surface area contributed by atoms with Gasteiger partial charge in [0.2, 0.25) is 0 Å². The molecule has 0 aliphatic heterocycles. The number of aryl methyl sites for hydroxylation is 1. The zero-order valence-corrected chi connectivity index (χ0v) is 50.6. The maximum Gasteiger partial charge on any atom is 0.192 e. The third kappa shape index (κ3) is 17.0. The number of rotatable bonds is 23. The van der Waals surface area contributed by atoms with Gasteiger partial charge in [0.25, 0.3) is 0 Å². The Bertz CT molecular complexity index is 1630. The van der Waals surface area contributed by atoms with Crippen molar-refractivity contribution in [1.29, 1.82) is 0 Å². The van der Waals surface area contributed by atoms with E-state index >= 15 is 4.79 Å². The summed E-state index contributed by atoms with van der Waals surface area (Å²) in [6.07, 6.45) is 8.74. The molecule has 0 saturated carbocycles. The Kier molecular flexibility index (Phi) is 21.2. The fourth-order valence-corrected chi connectivity index (χ4v) is 12.7. The van der Waals surface area contributed by atoms with Crippen LogP contribution in [-0.2, 0) is 22.5 Å². The standard InChI is InChI=1S/C51H101NO5SSi4/c1-37(31-32-43(55-60(22,23)48(9,10)11)39(3)35-42-36-58-41(5)52-42)29-28-30-38(2)45(57-62(26,27)50(15,16)17)40(4)46(53)51(18,19)44(56-61(24,25)49(12,13)14)33-34-54-59(20,21)47(6,7)8/h31,35-36,38,40,43-45H,28-30,32-34H2,1-27H3/b37-31-,39-35+/t38-,40+,43-,44-,45-/m0/s1. The number of thiazole rings is 1. The normalized spacial score (nSPS) is 17.5. The first-order valence-corrected chi connectivity index (χ1v) is 36.5. The average Bonchev–Trinajstić information content (AvgIpc) is 3.49. The van der Waals surface area contributed by atoms with E-state index in [1.165, 1.54) is 11.1 Å². The molecule has 0 saturated heterocycles. The Morgan fingerprint density at radius 2 is 1.18 bits per heavy atom. The minimum atomic E-state index is -2.23. The first-order chi connectivity index (χ1) is 27.5. The number of allylic oxidation sites excluding steroid dienone is 1. The second-order valence-corrected chi connectivity index (χ2v) is 45.8. The van der Waals surface area contributed by atoms with Gasteiger partial charge in [-0.2, -0.15) is 0 Å². The van der Waals surface area contributed by atoms with Crippen LogP contribution in [-0.4, -0.2) is 69.0 Å². The summed E-state index contributed by atoms with van der Waals surface area (Å²) in [4.78, 5) is 19.9. The lowest BCUT2D eigenvalue weighted by atomic mass is 9.73. The number of carbonyl (C=O) groups is 1. The van der Waals surface area contributed by atoms with Crippen LogP contribution in [0.3, 0.4) is 0 Å². The Morgan fingerprint density at radius 3 is 1.63 bits per heavy atom. The molecule has 5 atom stereocenters. The van der Waals surface area contributed by atoms with Crippen molar-refractivity contribution in [2.24, 2.45) is 17.3 Å². The van der Waals surface area contributed by atoms with Gasteiger partial charge in [0.1, 0.15) is 5.78 Å². The lowest BCUT2D eigenvalue weighted by Crippen LogP contribution is -2.54. The molecule has 0 unspecified atom stereocenters. The summed E-state index contributed by atoms with van der Waals surface area (Å²) in [6.45, 7) is 62.0. The number of aromatic nitrogens is 1. The fraction of sp³-hybridized carbons (Fsp3) is 0.843. The summed E-state index contributed by atoms with van der Waals surface area (Å²) < 4.78 is 28.4. The molecule has 6 nitrogen and oxygen atoms in total. The molecule has 0 spiro atoms. The predicted molar refractivity (Wildman–Crippen MR) is 284 cm³/mol. The third-order valence-corrected chi connectivity index (χ3v) is 34.5. The molecular formula is C51H101NO5SSi4. The van der Waals surface area contributed by atoms with Gasteiger partial charge in [0.05, 0.1) is 29.0 Å². The Balaban J connectivity index is 3.47. The third-order valence-electron chi connectivity index (χ3n) is 15.7. The van der Waals surface area contributed by atoms with Crippen LogP contribution < -0.4 is 0 Å². The molecular weight excluding hydrogens is 851 g/mol. The van der Waals surface area contributed by atoms with E-state index in [1.807, 2.05) is 0 Å². The van der Waals surface area contributed by atoms with Crippen molar-refractivity contribution < 1.29 is 22.5 Å². The van der Waals surface area contributed by atoms with Crippen LogP contribution in [0.15, 0.2) is 22.6 Å². The van der Waals surface area contributed by atoms with Crippen LogP contribution >= 0.6 is 11.3 Å². The van der Waals surface area contributed by atoms with Gasteiger partial charge < -0.3 is 17.7 Å². The molecule has 362 valence electrons. The highest BCUT2D eigenvalue weighted by molar-refractivity contribution is 7.09. The van der Waals surface area contributed by atoms with Gasteiger partial charge >= 0.3 is 0 Å². The highest BCUT2D eigenvalue weighted by Crippen LogP contribution is 2.45. The van der Waals surface area contributed by atoms with Crippen molar-refractivity contribution in [1.82, 2.24) is 4.98 Å². The second kappa shape index (κ2) is 22.1. The number of Topliss-reactive ketones (excluding diaryl/α,β-unsaturated/α-hetero) is 1. The molecule has 0 amide bonds. The predicted octanol–water partition coefficient (Wildman–Crippen LogP) is 16.8. The lowest BCUT2D eigenvalue weighted by molar-refractivity contribution is -0.141. The van der Waals surface area contributed by atoms with E-state index in [1.54, 1.807) is 11.3 Å². The molecule has 1 heterocycles. The largest absolute Gasteiger partial charge is 0.417 e. The highest BCUT2D eigenvalue weighted by Gasteiger charge is 2.50. The van der Waals surface area contributed by atoms with Crippen molar-refractivity contribution in [3.05, 3.63) is 33.3 Å². The van der Waals surface area contributed by atoms with Crippen LogP contribution in [0.5, 0.6) is 0 Å². The van der Waals surface area contributed by atoms with E-state index in [0.717, 1.165) is 36.4 Å². The van der Waals surface area contributed by atoms with Crippen LogP contribution in [0.4, 0.5) is 0 Å². The van der Waals surface area contributed by atoms with E-state index in [4.69, 9.17) is 22.7 Å². The summed E-state index contributed by atoms with van der Waals surface area (Å²) in [5.74, 6) is 0.154. The fourth-order valence-electron chi connectivity index (χ4n) is 6.77. The summed E-state index contributed by atoms with van der Waals surface area (Å²) in [5, 5.41) is 3.48. The van der Waals surface area contributed by atoms with E-state index in [2.05, 4.69) is 201 Å². The zero-order valence-electron chi connectivity index (χ0n) is 45.8. The number of carbonyl (C=O) groups excluding carboxylic acids is 1. The molecule has 11 heteroatoms. The Labute approximate surface area is 393 Å². The van der Waals surface area contributed by atoms with Crippen molar-refractivity contribution in [2.75, 3.05) is 6.61 Å². The number of hydrogen-bond acceptors (Lipinski definition) is 7. The zero-order chi connectivity index (χ0) is 48.9. The van der Waals surface area contributed by atoms with Crippen molar-refractivity contribution in [3.8, 4) is 0 Å². The van der Waals surface area contributed by atoms with Gasteiger partial charge in [0, 0.05) is 23.3 Å². The van der Waals surface area contributed by atoms with Crippen LogP contribution in [0.2, 0.25) is 72.5 Å². The minimum Gasteiger partial charge on any atom is -0.417 e.